The van der Waals surface area contributed by atoms with Gasteiger partial charge in [0.25, 0.3) is 0 Å². The van der Waals surface area contributed by atoms with Crippen LogP contribution in [0.2, 0.25) is 0 Å². The molecule has 0 saturated carbocycles. The van der Waals surface area contributed by atoms with Crippen LogP contribution in [0.25, 0.3) is 0 Å². The molecule has 2 heteroatoms. The van der Waals surface area contributed by atoms with Crippen LogP contribution >= 0.6 is 0 Å². The Morgan fingerprint density at radius 1 is 1.64 bits per heavy atom. The fraction of sp³-hybridized carbons (Fsp3) is 0.778. The van der Waals surface area contributed by atoms with Crippen molar-refractivity contribution in [2.45, 2.75) is 38.8 Å². The zero-order chi connectivity index (χ0) is 8.69. The first kappa shape index (κ1) is 10.5. The number of hydrogen-bond acceptors (Lipinski definition) is 2. The Morgan fingerprint density at radius 2 is 2.27 bits per heavy atom. The highest BCUT2D eigenvalue weighted by Crippen LogP contribution is 1.91. The Bertz CT molecular complexity index is 128. The smallest absolute Gasteiger partial charge is 0.0662 e. The summed E-state index contributed by atoms with van der Waals surface area (Å²) in [5, 5.41) is 12.3. The lowest BCUT2D eigenvalue weighted by Gasteiger charge is -2.13. The third-order valence-corrected chi connectivity index (χ3v) is 1.60. The van der Waals surface area contributed by atoms with Crippen molar-refractivity contribution >= 4 is 0 Å². The fourth-order valence-corrected chi connectivity index (χ4v) is 0.731. The van der Waals surface area contributed by atoms with Crippen molar-refractivity contribution in [3.63, 3.8) is 0 Å². The van der Waals surface area contributed by atoms with Crippen molar-refractivity contribution < 1.29 is 5.11 Å². The number of terminal acetylenes is 1. The molecule has 0 aliphatic heterocycles. The minimum atomic E-state index is -0.241. The van der Waals surface area contributed by atoms with E-state index in [0.29, 0.717) is 12.6 Å². The molecule has 0 aromatic heterocycles. The summed E-state index contributed by atoms with van der Waals surface area (Å²) < 4.78 is 0. The Labute approximate surface area is 69.0 Å². The van der Waals surface area contributed by atoms with Gasteiger partial charge < -0.3 is 10.4 Å². The molecule has 0 aliphatic carbocycles. The molecule has 0 aromatic carbocycles. The summed E-state index contributed by atoms with van der Waals surface area (Å²) in [5.41, 5.74) is 0. The largest absolute Gasteiger partial charge is 0.392 e. The van der Waals surface area contributed by atoms with Crippen molar-refractivity contribution in [1.29, 1.82) is 0 Å². The normalized spacial score (nSPS) is 15.5. The standard InChI is InChI=1S/C9H17NO/c1-4-6-8(3)10-7-9(11)5-2/h1,8-11H,5-7H2,2-3H3. The lowest BCUT2D eigenvalue weighted by atomic mass is 10.2. The van der Waals surface area contributed by atoms with Gasteiger partial charge in [0.1, 0.15) is 0 Å². The van der Waals surface area contributed by atoms with Crippen LogP contribution in [-0.2, 0) is 0 Å². The second-order valence-corrected chi connectivity index (χ2v) is 2.78. The second kappa shape index (κ2) is 6.21. The van der Waals surface area contributed by atoms with Crippen molar-refractivity contribution in [1.82, 2.24) is 5.32 Å². The summed E-state index contributed by atoms with van der Waals surface area (Å²) >= 11 is 0. The first-order chi connectivity index (χ1) is 5.20. The number of nitrogens with one attached hydrogen (secondary N) is 1. The molecule has 0 bridgehead atoms. The topological polar surface area (TPSA) is 32.3 Å². The lowest BCUT2D eigenvalue weighted by Crippen LogP contribution is -2.33. The van der Waals surface area contributed by atoms with E-state index >= 15 is 0 Å². The van der Waals surface area contributed by atoms with Gasteiger partial charge in [-0.05, 0) is 13.3 Å². The molecular formula is C9H17NO. The van der Waals surface area contributed by atoms with Crippen LogP contribution in [0.5, 0.6) is 0 Å². The summed E-state index contributed by atoms with van der Waals surface area (Å²) in [7, 11) is 0. The van der Waals surface area contributed by atoms with E-state index in [1.165, 1.54) is 0 Å². The average Bonchev–Trinajstić information content (AvgIpc) is 2.01. The molecular weight excluding hydrogens is 138 g/mol. The van der Waals surface area contributed by atoms with Crippen LogP contribution in [0.15, 0.2) is 0 Å². The maximum Gasteiger partial charge on any atom is 0.0662 e. The van der Waals surface area contributed by atoms with Gasteiger partial charge in [0, 0.05) is 19.0 Å². The zero-order valence-electron chi connectivity index (χ0n) is 7.30. The van der Waals surface area contributed by atoms with Gasteiger partial charge in [-0.1, -0.05) is 6.92 Å². The number of aliphatic hydroxyl groups is 1. The third-order valence-electron chi connectivity index (χ3n) is 1.60. The highest BCUT2D eigenvalue weighted by atomic mass is 16.3. The van der Waals surface area contributed by atoms with E-state index in [-0.39, 0.29) is 6.10 Å². The highest BCUT2D eigenvalue weighted by Gasteiger charge is 2.02. The van der Waals surface area contributed by atoms with Crippen molar-refractivity contribution in [3.05, 3.63) is 0 Å². The summed E-state index contributed by atoms with van der Waals surface area (Å²) in [6, 6.07) is 0.307. The van der Waals surface area contributed by atoms with Crippen LogP contribution in [0, 0.1) is 12.3 Å². The van der Waals surface area contributed by atoms with E-state index in [1.807, 2.05) is 13.8 Å². The van der Waals surface area contributed by atoms with E-state index in [2.05, 4.69) is 11.2 Å². The minimum absolute atomic E-state index is 0.241. The van der Waals surface area contributed by atoms with E-state index in [0.717, 1.165) is 12.8 Å². The first-order valence-electron chi connectivity index (χ1n) is 4.05. The highest BCUT2D eigenvalue weighted by molar-refractivity contribution is 4.88. The van der Waals surface area contributed by atoms with Crippen LogP contribution in [0.4, 0.5) is 0 Å². The summed E-state index contributed by atoms with van der Waals surface area (Å²) in [5.74, 6) is 2.57. The van der Waals surface area contributed by atoms with Gasteiger partial charge in [-0.25, -0.2) is 0 Å². The Balaban J connectivity index is 3.31. The van der Waals surface area contributed by atoms with Gasteiger partial charge >= 0.3 is 0 Å². The van der Waals surface area contributed by atoms with E-state index in [1.54, 1.807) is 0 Å². The van der Waals surface area contributed by atoms with Crippen LogP contribution in [0.3, 0.4) is 0 Å². The van der Waals surface area contributed by atoms with Crippen molar-refractivity contribution in [2.75, 3.05) is 6.54 Å². The summed E-state index contributed by atoms with van der Waals surface area (Å²) in [4.78, 5) is 0. The molecule has 64 valence electrons. The molecule has 2 atom stereocenters. The number of hydrogen-bond donors (Lipinski definition) is 2. The van der Waals surface area contributed by atoms with Gasteiger partial charge in [0.15, 0.2) is 0 Å². The molecule has 0 radical (unpaired) electrons. The van der Waals surface area contributed by atoms with E-state index in [9.17, 15) is 0 Å². The predicted octanol–water partition coefficient (Wildman–Crippen LogP) is 0.759. The molecule has 11 heavy (non-hydrogen) atoms. The second-order valence-electron chi connectivity index (χ2n) is 2.78. The molecule has 0 aromatic rings. The van der Waals surface area contributed by atoms with E-state index < -0.39 is 0 Å². The molecule has 0 saturated heterocycles. The van der Waals surface area contributed by atoms with E-state index in [4.69, 9.17) is 11.5 Å². The molecule has 0 amide bonds. The quantitative estimate of drug-likeness (QED) is 0.574. The molecule has 2 nitrogen and oxygen atoms in total. The monoisotopic (exact) mass is 155 g/mol. The zero-order valence-corrected chi connectivity index (χ0v) is 7.30. The van der Waals surface area contributed by atoms with Crippen molar-refractivity contribution in [3.8, 4) is 12.3 Å². The van der Waals surface area contributed by atoms with Gasteiger partial charge in [-0.3, -0.25) is 0 Å². The number of rotatable bonds is 5. The Hall–Kier alpha value is -0.520. The molecule has 0 heterocycles. The summed E-state index contributed by atoms with van der Waals surface area (Å²) in [6.07, 6.45) is 6.38. The van der Waals surface area contributed by atoms with Gasteiger partial charge in [-0.15, -0.1) is 12.3 Å². The van der Waals surface area contributed by atoms with Crippen molar-refractivity contribution in [2.24, 2.45) is 0 Å². The van der Waals surface area contributed by atoms with Gasteiger partial charge in [0.2, 0.25) is 0 Å². The van der Waals surface area contributed by atoms with Gasteiger partial charge in [-0.2, -0.15) is 0 Å². The maximum atomic E-state index is 9.16. The summed E-state index contributed by atoms with van der Waals surface area (Å²) in [6.45, 7) is 4.61. The Kier molecular flexibility index (Phi) is 5.91. The predicted molar refractivity (Wildman–Crippen MR) is 47.2 cm³/mol. The van der Waals surface area contributed by atoms with Crippen LogP contribution in [0.1, 0.15) is 26.7 Å². The molecule has 2 N–H and O–H groups in total. The minimum Gasteiger partial charge on any atom is -0.392 e. The fourth-order valence-electron chi connectivity index (χ4n) is 0.731. The third kappa shape index (κ3) is 5.90. The molecule has 2 unspecified atom stereocenters. The van der Waals surface area contributed by atoms with Gasteiger partial charge in [0.05, 0.1) is 6.10 Å². The number of aliphatic hydroxyl groups excluding tert-OH is 1. The SMILES string of the molecule is C#CCC(C)NCC(O)CC. The maximum absolute atomic E-state index is 9.16. The molecule has 0 rings (SSSR count). The average molecular weight is 155 g/mol. The molecule has 0 aliphatic rings. The first-order valence-corrected chi connectivity index (χ1v) is 4.05. The Morgan fingerprint density at radius 3 is 2.73 bits per heavy atom. The molecule has 0 fully saturated rings. The van der Waals surface area contributed by atoms with Crippen LogP contribution in [-0.4, -0.2) is 23.8 Å². The van der Waals surface area contributed by atoms with Crippen LogP contribution < -0.4 is 5.32 Å². The lowest BCUT2D eigenvalue weighted by molar-refractivity contribution is 0.164. The molecule has 0 spiro atoms.